The van der Waals surface area contributed by atoms with Crippen molar-refractivity contribution in [3.05, 3.63) is 46.7 Å². The van der Waals surface area contributed by atoms with E-state index in [4.69, 9.17) is 0 Å². The standard InChI is InChI=1S/C16H18N2O2S/c1-16(2,3)15(20)18-12-7-4-6-11(10-12)17-14(19)13-8-5-9-21-13/h4-10H,1-3H3,(H,17,19)(H,18,20). The van der Waals surface area contributed by atoms with E-state index in [1.807, 2.05) is 32.2 Å². The summed E-state index contributed by atoms with van der Waals surface area (Å²) in [6, 6.07) is 10.7. The SMILES string of the molecule is CC(C)(C)C(=O)Nc1cccc(NC(=O)c2cccs2)c1. The zero-order valence-electron chi connectivity index (χ0n) is 12.3. The second-order valence-electron chi connectivity index (χ2n) is 5.72. The van der Waals surface area contributed by atoms with Crippen molar-refractivity contribution in [1.82, 2.24) is 0 Å². The molecule has 0 aliphatic heterocycles. The fourth-order valence-electron chi connectivity index (χ4n) is 1.59. The lowest BCUT2D eigenvalue weighted by Gasteiger charge is -2.18. The topological polar surface area (TPSA) is 58.2 Å². The van der Waals surface area contributed by atoms with Gasteiger partial charge < -0.3 is 10.6 Å². The summed E-state index contributed by atoms with van der Waals surface area (Å²) in [5, 5.41) is 7.52. The molecule has 4 nitrogen and oxygen atoms in total. The normalized spacial score (nSPS) is 11.0. The zero-order chi connectivity index (χ0) is 15.5. The van der Waals surface area contributed by atoms with Gasteiger partial charge in [0.15, 0.2) is 0 Å². The maximum atomic E-state index is 12.0. The Kier molecular flexibility index (Phi) is 4.43. The molecule has 1 aromatic heterocycles. The third-order valence-corrected chi connectivity index (χ3v) is 3.67. The molecule has 0 atom stereocenters. The van der Waals surface area contributed by atoms with Gasteiger partial charge in [0, 0.05) is 16.8 Å². The van der Waals surface area contributed by atoms with Gasteiger partial charge >= 0.3 is 0 Å². The van der Waals surface area contributed by atoms with Gasteiger partial charge in [-0.1, -0.05) is 32.9 Å². The largest absolute Gasteiger partial charge is 0.326 e. The van der Waals surface area contributed by atoms with E-state index < -0.39 is 5.41 Å². The Morgan fingerprint density at radius 2 is 1.67 bits per heavy atom. The smallest absolute Gasteiger partial charge is 0.265 e. The van der Waals surface area contributed by atoms with E-state index in [0.717, 1.165) is 0 Å². The van der Waals surface area contributed by atoms with Gasteiger partial charge in [-0.15, -0.1) is 11.3 Å². The molecular formula is C16H18N2O2S. The molecule has 2 N–H and O–H groups in total. The third-order valence-electron chi connectivity index (χ3n) is 2.80. The summed E-state index contributed by atoms with van der Waals surface area (Å²) in [7, 11) is 0. The summed E-state index contributed by atoms with van der Waals surface area (Å²) in [6.45, 7) is 5.56. The van der Waals surface area contributed by atoms with Gasteiger partial charge in [0.2, 0.25) is 5.91 Å². The highest BCUT2D eigenvalue weighted by molar-refractivity contribution is 7.12. The lowest BCUT2D eigenvalue weighted by molar-refractivity contribution is -0.123. The van der Waals surface area contributed by atoms with Crippen LogP contribution in [0.1, 0.15) is 30.4 Å². The van der Waals surface area contributed by atoms with Crippen LogP contribution < -0.4 is 10.6 Å². The van der Waals surface area contributed by atoms with Crippen molar-refractivity contribution in [3.63, 3.8) is 0 Å². The lowest BCUT2D eigenvalue weighted by atomic mass is 9.95. The summed E-state index contributed by atoms with van der Waals surface area (Å²) in [5.74, 6) is -0.214. The van der Waals surface area contributed by atoms with Crippen LogP contribution in [-0.4, -0.2) is 11.8 Å². The second-order valence-corrected chi connectivity index (χ2v) is 6.66. The summed E-state index contributed by atoms with van der Waals surface area (Å²) in [5.41, 5.74) is 0.856. The number of thiophene rings is 1. The minimum atomic E-state index is -0.462. The Morgan fingerprint density at radius 3 is 2.24 bits per heavy atom. The molecule has 5 heteroatoms. The van der Waals surface area contributed by atoms with E-state index >= 15 is 0 Å². The summed E-state index contributed by atoms with van der Waals surface area (Å²) >= 11 is 1.39. The molecule has 0 aliphatic rings. The molecule has 2 aromatic rings. The quantitative estimate of drug-likeness (QED) is 0.900. The Labute approximate surface area is 128 Å². The lowest BCUT2D eigenvalue weighted by Crippen LogP contribution is -2.27. The van der Waals surface area contributed by atoms with Gasteiger partial charge in [-0.05, 0) is 29.6 Å². The molecule has 0 saturated carbocycles. The molecular weight excluding hydrogens is 284 g/mol. The van der Waals surface area contributed by atoms with Crippen LogP contribution in [0.25, 0.3) is 0 Å². The van der Waals surface area contributed by atoms with Crippen molar-refractivity contribution in [3.8, 4) is 0 Å². The van der Waals surface area contributed by atoms with Crippen LogP contribution in [0.15, 0.2) is 41.8 Å². The van der Waals surface area contributed by atoms with Crippen LogP contribution in [0.5, 0.6) is 0 Å². The number of anilines is 2. The molecule has 2 rings (SSSR count). The molecule has 0 fully saturated rings. The highest BCUT2D eigenvalue weighted by Crippen LogP contribution is 2.20. The molecule has 21 heavy (non-hydrogen) atoms. The summed E-state index contributed by atoms with van der Waals surface area (Å²) < 4.78 is 0. The van der Waals surface area contributed by atoms with Crippen LogP contribution in [0.2, 0.25) is 0 Å². The van der Waals surface area contributed by atoms with Crippen molar-refractivity contribution < 1.29 is 9.59 Å². The molecule has 0 aliphatic carbocycles. The molecule has 0 spiro atoms. The molecule has 0 saturated heterocycles. The number of rotatable bonds is 3. The average Bonchev–Trinajstić information content (AvgIpc) is 2.91. The number of nitrogens with one attached hydrogen (secondary N) is 2. The highest BCUT2D eigenvalue weighted by Gasteiger charge is 2.21. The minimum Gasteiger partial charge on any atom is -0.326 e. The number of benzene rings is 1. The first kappa shape index (κ1) is 15.3. The van der Waals surface area contributed by atoms with Crippen molar-refractivity contribution in [2.45, 2.75) is 20.8 Å². The fraction of sp³-hybridized carbons (Fsp3) is 0.250. The zero-order valence-corrected chi connectivity index (χ0v) is 13.1. The number of hydrogen-bond donors (Lipinski definition) is 2. The van der Waals surface area contributed by atoms with Gasteiger partial charge in [0.25, 0.3) is 5.91 Å². The highest BCUT2D eigenvalue weighted by atomic mass is 32.1. The van der Waals surface area contributed by atoms with Crippen LogP contribution in [0, 0.1) is 5.41 Å². The van der Waals surface area contributed by atoms with Crippen LogP contribution in [0.3, 0.4) is 0 Å². The van der Waals surface area contributed by atoms with Crippen molar-refractivity contribution in [1.29, 1.82) is 0 Å². The molecule has 0 unspecified atom stereocenters. The van der Waals surface area contributed by atoms with Gasteiger partial charge in [-0.3, -0.25) is 9.59 Å². The summed E-state index contributed by atoms with van der Waals surface area (Å²) in [4.78, 5) is 24.6. The van der Waals surface area contributed by atoms with E-state index in [2.05, 4.69) is 10.6 Å². The predicted octanol–water partition coefficient (Wildman–Crippen LogP) is 3.99. The number of carbonyl (C=O) groups excluding carboxylic acids is 2. The Balaban J connectivity index is 2.08. The average molecular weight is 302 g/mol. The first-order chi connectivity index (χ1) is 9.86. The van der Waals surface area contributed by atoms with Gasteiger partial charge in [-0.2, -0.15) is 0 Å². The van der Waals surface area contributed by atoms with E-state index in [1.54, 1.807) is 30.3 Å². The van der Waals surface area contributed by atoms with E-state index in [0.29, 0.717) is 16.3 Å². The fourth-order valence-corrected chi connectivity index (χ4v) is 2.21. The second kappa shape index (κ2) is 6.10. The van der Waals surface area contributed by atoms with Crippen LogP contribution >= 0.6 is 11.3 Å². The Bertz CT molecular complexity index is 643. The molecule has 2 amide bonds. The molecule has 0 bridgehead atoms. The van der Waals surface area contributed by atoms with Gasteiger partial charge in [-0.25, -0.2) is 0 Å². The van der Waals surface area contributed by atoms with Crippen molar-refractivity contribution >= 4 is 34.5 Å². The van der Waals surface area contributed by atoms with Gasteiger partial charge in [0.05, 0.1) is 4.88 Å². The van der Waals surface area contributed by atoms with Crippen molar-refractivity contribution in [2.24, 2.45) is 5.41 Å². The van der Waals surface area contributed by atoms with E-state index in [-0.39, 0.29) is 11.8 Å². The van der Waals surface area contributed by atoms with Crippen LogP contribution in [0.4, 0.5) is 11.4 Å². The van der Waals surface area contributed by atoms with Gasteiger partial charge in [0.1, 0.15) is 0 Å². The number of amides is 2. The minimum absolute atomic E-state index is 0.0655. The van der Waals surface area contributed by atoms with Crippen molar-refractivity contribution in [2.75, 3.05) is 10.6 Å². The van der Waals surface area contributed by atoms with E-state index in [9.17, 15) is 9.59 Å². The predicted molar refractivity (Wildman–Crippen MR) is 86.8 cm³/mol. The first-order valence-electron chi connectivity index (χ1n) is 6.62. The van der Waals surface area contributed by atoms with E-state index in [1.165, 1.54) is 11.3 Å². The number of carbonyl (C=O) groups is 2. The Morgan fingerprint density at radius 1 is 1.00 bits per heavy atom. The Hall–Kier alpha value is -2.14. The maximum Gasteiger partial charge on any atom is 0.265 e. The van der Waals surface area contributed by atoms with Crippen LogP contribution in [-0.2, 0) is 4.79 Å². The first-order valence-corrected chi connectivity index (χ1v) is 7.50. The molecule has 1 heterocycles. The maximum absolute atomic E-state index is 12.0. The number of hydrogen-bond acceptors (Lipinski definition) is 3. The summed E-state index contributed by atoms with van der Waals surface area (Å²) in [6.07, 6.45) is 0. The monoisotopic (exact) mass is 302 g/mol. The molecule has 0 radical (unpaired) electrons. The molecule has 1 aromatic carbocycles. The third kappa shape index (κ3) is 4.16. The molecule has 110 valence electrons.